The Balaban J connectivity index is 2.05. The Bertz CT molecular complexity index is 997. The quantitative estimate of drug-likeness (QED) is 0.579. The SMILES string of the molecule is CCOc1cc(C(=O)Nc2nnc(OC)s2)c(-c2cc(Cl)ncc2OC)cn1. The van der Waals surface area contributed by atoms with Crippen LogP contribution in [-0.2, 0) is 0 Å². The number of aromatic nitrogens is 4. The summed E-state index contributed by atoms with van der Waals surface area (Å²) >= 11 is 7.15. The summed E-state index contributed by atoms with van der Waals surface area (Å²) in [6.45, 7) is 2.24. The van der Waals surface area contributed by atoms with Crippen LogP contribution in [0.15, 0.2) is 24.5 Å². The molecule has 0 spiro atoms. The highest BCUT2D eigenvalue weighted by Crippen LogP contribution is 2.35. The van der Waals surface area contributed by atoms with Crippen LogP contribution in [0.2, 0.25) is 5.15 Å². The third-order valence-corrected chi connectivity index (χ3v) is 4.57. The first-order valence-electron chi connectivity index (χ1n) is 8.07. The zero-order valence-electron chi connectivity index (χ0n) is 15.2. The van der Waals surface area contributed by atoms with Crippen LogP contribution in [0.5, 0.6) is 16.8 Å². The number of methoxy groups -OCH3 is 2. The number of hydrogen-bond donors (Lipinski definition) is 1. The van der Waals surface area contributed by atoms with Crippen LogP contribution in [0.4, 0.5) is 5.13 Å². The molecule has 0 unspecified atom stereocenters. The number of carbonyl (C=O) groups excluding carboxylic acids is 1. The highest BCUT2D eigenvalue weighted by molar-refractivity contribution is 7.17. The molecule has 3 rings (SSSR count). The largest absolute Gasteiger partial charge is 0.494 e. The third-order valence-electron chi connectivity index (χ3n) is 3.56. The van der Waals surface area contributed by atoms with Crippen LogP contribution >= 0.6 is 22.9 Å². The van der Waals surface area contributed by atoms with Crippen molar-refractivity contribution in [2.45, 2.75) is 6.92 Å². The maximum absolute atomic E-state index is 13.0. The molecule has 0 aliphatic carbocycles. The van der Waals surface area contributed by atoms with E-state index in [0.29, 0.717) is 45.3 Å². The van der Waals surface area contributed by atoms with Crippen molar-refractivity contribution >= 4 is 34.0 Å². The number of ether oxygens (including phenoxy) is 3. The first-order chi connectivity index (χ1) is 13.5. The van der Waals surface area contributed by atoms with Crippen molar-refractivity contribution in [1.29, 1.82) is 0 Å². The Morgan fingerprint density at radius 1 is 1.14 bits per heavy atom. The van der Waals surface area contributed by atoms with Crippen LogP contribution in [-0.4, -0.2) is 46.9 Å². The fraction of sp³-hybridized carbons (Fsp3) is 0.235. The molecule has 0 radical (unpaired) electrons. The minimum Gasteiger partial charge on any atom is -0.494 e. The van der Waals surface area contributed by atoms with E-state index < -0.39 is 5.91 Å². The molecule has 0 atom stereocenters. The van der Waals surface area contributed by atoms with E-state index >= 15 is 0 Å². The summed E-state index contributed by atoms with van der Waals surface area (Å²) in [5.74, 6) is 0.333. The van der Waals surface area contributed by atoms with Crippen LogP contribution in [0.1, 0.15) is 17.3 Å². The van der Waals surface area contributed by atoms with Crippen molar-refractivity contribution in [3.63, 3.8) is 0 Å². The number of nitrogens with one attached hydrogen (secondary N) is 1. The van der Waals surface area contributed by atoms with E-state index in [4.69, 9.17) is 25.8 Å². The number of rotatable bonds is 7. The van der Waals surface area contributed by atoms with Gasteiger partial charge in [-0.3, -0.25) is 10.1 Å². The predicted molar refractivity (Wildman–Crippen MR) is 105 cm³/mol. The van der Waals surface area contributed by atoms with Gasteiger partial charge in [0.05, 0.1) is 32.6 Å². The molecule has 1 amide bonds. The summed E-state index contributed by atoms with van der Waals surface area (Å²) in [6, 6.07) is 3.14. The molecular weight excluding hydrogens is 406 g/mol. The highest BCUT2D eigenvalue weighted by Gasteiger charge is 2.20. The molecule has 1 N–H and O–H groups in total. The van der Waals surface area contributed by atoms with Gasteiger partial charge in [0, 0.05) is 23.4 Å². The number of hydrogen-bond acceptors (Lipinski definition) is 9. The first kappa shape index (κ1) is 19.8. The molecule has 11 heteroatoms. The van der Waals surface area contributed by atoms with E-state index in [-0.39, 0.29) is 5.15 Å². The second-order valence-corrected chi connectivity index (χ2v) is 6.57. The van der Waals surface area contributed by atoms with Gasteiger partial charge in [-0.15, -0.1) is 5.10 Å². The van der Waals surface area contributed by atoms with Gasteiger partial charge in [-0.2, -0.15) is 0 Å². The summed E-state index contributed by atoms with van der Waals surface area (Å²) in [6.07, 6.45) is 3.00. The van der Waals surface area contributed by atoms with E-state index in [1.54, 1.807) is 12.1 Å². The Kier molecular flexibility index (Phi) is 6.22. The van der Waals surface area contributed by atoms with Crippen molar-refractivity contribution in [2.75, 3.05) is 26.1 Å². The fourth-order valence-corrected chi connectivity index (χ4v) is 3.08. The van der Waals surface area contributed by atoms with Gasteiger partial charge in [0.2, 0.25) is 11.0 Å². The Hall–Kier alpha value is -2.98. The fourth-order valence-electron chi connectivity index (χ4n) is 2.36. The molecular formula is C17H16ClN5O4S. The molecule has 0 aromatic carbocycles. The van der Waals surface area contributed by atoms with Crippen LogP contribution in [0.3, 0.4) is 0 Å². The van der Waals surface area contributed by atoms with Gasteiger partial charge >= 0.3 is 0 Å². The first-order valence-corrected chi connectivity index (χ1v) is 9.26. The monoisotopic (exact) mass is 421 g/mol. The topological polar surface area (TPSA) is 108 Å². The van der Waals surface area contributed by atoms with E-state index in [0.717, 1.165) is 11.3 Å². The maximum Gasteiger partial charge on any atom is 0.295 e. The lowest BCUT2D eigenvalue weighted by Crippen LogP contribution is -2.14. The Morgan fingerprint density at radius 2 is 1.96 bits per heavy atom. The molecule has 0 aliphatic heterocycles. The molecule has 3 aromatic rings. The maximum atomic E-state index is 13.0. The van der Waals surface area contributed by atoms with E-state index in [1.807, 2.05) is 6.92 Å². The third kappa shape index (κ3) is 4.29. The van der Waals surface area contributed by atoms with Crippen molar-refractivity contribution in [3.05, 3.63) is 35.2 Å². The smallest absolute Gasteiger partial charge is 0.295 e. The summed E-state index contributed by atoms with van der Waals surface area (Å²) in [5, 5.41) is 11.2. The highest BCUT2D eigenvalue weighted by atomic mass is 35.5. The minimum absolute atomic E-state index is 0.255. The average molecular weight is 422 g/mol. The molecule has 3 heterocycles. The van der Waals surface area contributed by atoms with Crippen molar-refractivity contribution in [1.82, 2.24) is 20.2 Å². The number of amides is 1. The number of carbonyl (C=O) groups is 1. The van der Waals surface area contributed by atoms with Crippen LogP contribution < -0.4 is 19.5 Å². The number of nitrogens with zero attached hydrogens (tertiary/aromatic N) is 4. The van der Waals surface area contributed by atoms with Gasteiger partial charge in [-0.1, -0.05) is 16.7 Å². The van der Waals surface area contributed by atoms with E-state index in [2.05, 4.69) is 25.5 Å². The Morgan fingerprint density at radius 3 is 2.64 bits per heavy atom. The number of anilines is 1. The summed E-state index contributed by atoms with van der Waals surface area (Å²) in [5.41, 5.74) is 1.37. The van der Waals surface area contributed by atoms with Gasteiger partial charge in [-0.25, -0.2) is 9.97 Å². The lowest BCUT2D eigenvalue weighted by Gasteiger charge is -2.13. The number of halogens is 1. The van der Waals surface area contributed by atoms with Crippen molar-refractivity contribution in [3.8, 4) is 28.0 Å². The molecule has 146 valence electrons. The van der Waals surface area contributed by atoms with Gasteiger partial charge in [0.15, 0.2) is 0 Å². The minimum atomic E-state index is -0.424. The van der Waals surface area contributed by atoms with Crippen molar-refractivity contribution in [2.24, 2.45) is 0 Å². The van der Waals surface area contributed by atoms with Crippen molar-refractivity contribution < 1.29 is 19.0 Å². The molecule has 0 aliphatic rings. The zero-order valence-corrected chi connectivity index (χ0v) is 16.8. The predicted octanol–water partition coefficient (Wildman–Crippen LogP) is 3.32. The van der Waals surface area contributed by atoms with Gasteiger partial charge in [0.25, 0.3) is 11.1 Å². The lowest BCUT2D eigenvalue weighted by molar-refractivity contribution is 0.102. The zero-order chi connectivity index (χ0) is 20.1. The Labute approximate surface area is 169 Å². The van der Waals surface area contributed by atoms with Gasteiger partial charge in [-0.05, 0) is 24.3 Å². The molecule has 9 nitrogen and oxygen atoms in total. The van der Waals surface area contributed by atoms with Gasteiger partial charge in [0.1, 0.15) is 10.9 Å². The summed E-state index contributed by atoms with van der Waals surface area (Å²) in [4.78, 5) is 21.2. The summed E-state index contributed by atoms with van der Waals surface area (Å²) in [7, 11) is 2.98. The second-order valence-electron chi connectivity index (χ2n) is 5.24. The summed E-state index contributed by atoms with van der Waals surface area (Å²) < 4.78 is 15.8. The molecule has 0 fully saturated rings. The molecule has 0 saturated heterocycles. The van der Waals surface area contributed by atoms with E-state index in [9.17, 15) is 4.79 Å². The second kappa shape index (κ2) is 8.81. The lowest BCUT2D eigenvalue weighted by atomic mass is 10.0. The van der Waals surface area contributed by atoms with Gasteiger partial charge < -0.3 is 14.2 Å². The average Bonchev–Trinajstić information content (AvgIpc) is 3.15. The molecule has 0 bridgehead atoms. The standard InChI is InChI=1S/C17H16ClN5O4S/c1-4-27-14-6-10(15(24)21-16-22-23-17(26-3)28-16)11(7-20-14)9-5-13(18)19-8-12(9)25-2/h5-8H,4H2,1-3H3,(H,21,22,24). The van der Waals surface area contributed by atoms with Crippen LogP contribution in [0.25, 0.3) is 11.1 Å². The number of pyridine rings is 2. The molecule has 28 heavy (non-hydrogen) atoms. The van der Waals surface area contributed by atoms with E-state index in [1.165, 1.54) is 26.6 Å². The molecule has 0 saturated carbocycles. The molecule has 3 aromatic heterocycles. The van der Waals surface area contributed by atoms with Crippen LogP contribution in [0, 0.1) is 0 Å². The normalized spacial score (nSPS) is 10.4.